The van der Waals surface area contributed by atoms with Gasteiger partial charge in [0.05, 0.1) is 26.1 Å². The fourth-order valence-electron chi connectivity index (χ4n) is 3.28. The van der Waals surface area contributed by atoms with Crippen molar-refractivity contribution < 1.29 is 14.2 Å². The smallest absolute Gasteiger partial charge is 0.119 e. The van der Waals surface area contributed by atoms with Gasteiger partial charge < -0.3 is 19.5 Å². The molecule has 174 valence electrons. The van der Waals surface area contributed by atoms with Crippen LogP contribution in [-0.2, 0) is 16.1 Å². The lowest BCUT2D eigenvalue weighted by atomic mass is 10.1. The third-order valence-electron chi connectivity index (χ3n) is 5.21. The summed E-state index contributed by atoms with van der Waals surface area (Å²) in [5.74, 6) is 1.75. The van der Waals surface area contributed by atoms with Gasteiger partial charge in [0, 0.05) is 24.4 Å². The van der Waals surface area contributed by atoms with Gasteiger partial charge in [-0.25, -0.2) is 0 Å². The first kappa shape index (κ1) is 25.5. The summed E-state index contributed by atoms with van der Waals surface area (Å²) >= 11 is 0. The van der Waals surface area contributed by atoms with E-state index in [1.165, 1.54) is 5.56 Å². The molecule has 1 N–H and O–H groups in total. The molecule has 0 bridgehead atoms. The molecule has 0 amide bonds. The molecule has 0 aliphatic carbocycles. The minimum atomic E-state index is 0.694. The van der Waals surface area contributed by atoms with E-state index in [-0.39, 0.29) is 0 Å². The number of rotatable bonds is 18. The highest BCUT2D eigenvalue weighted by Gasteiger charge is 2.00. The van der Waals surface area contributed by atoms with E-state index in [0.717, 1.165) is 87.5 Å². The molecular formula is C28H39NO3. The van der Waals surface area contributed by atoms with Gasteiger partial charge in [-0.05, 0) is 68.4 Å². The van der Waals surface area contributed by atoms with Crippen molar-refractivity contribution in [2.75, 3.05) is 25.6 Å². The molecule has 0 radical (unpaired) electrons. The average molecular weight is 438 g/mol. The molecule has 0 saturated heterocycles. The number of nitrogens with one attached hydrogen (secondary N) is 1. The fraction of sp³-hybridized carbons (Fsp3) is 0.429. The highest BCUT2D eigenvalue weighted by molar-refractivity contribution is 5.50. The van der Waals surface area contributed by atoms with Crippen LogP contribution in [0.5, 0.6) is 5.75 Å². The van der Waals surface area contributed by atoms with Crippen LogP contribution in [0.2, 0.25) is 0 Å². The van der Waals surface area contributed by atoms with E-state index in [2.05, 4.69) is 30.6 Å². The maximum atomic E-state index is 5.82. The lowest BCUT2D eigenvalue weighted by Gasteiger charge is -2.11. The highest BCUT2D eigenvalue weighted by atomic mass is 16.5. The molecule has 32 heavy (non-hydrogen) atoms. The van der Waals surface area contributed by atoms with Gasteiger partial charge in [-0.3, -0.25) is 0 Å². The highest BCUT2D eigenvalue weighted by Crippen LogP contribution is 2.19. The molecule has 0 spiro atoms. The standard InChI is InChI=1S/C28H39NO3/c1-24(13-7-5-11-21-31-23-26-15-9-4-10-16-26)29-27-17-19-28(20-18-27)32-22-12-6-8-14-25(2)30-3/h4,9-10,15-20,29H,1-2,5-8,11-14,21-23H2,3H3. The van der Waals surface area contributed by atoms with Gasteiger partial charge >= 0.3 is 0 Å². The zero-order valence-electron chi connectivity index (χ0n) is 19.6. The Morgan fingerprint density at radius 2 is 1.47 bits per heavy atom. The van der Waals surface area contributed by atoms with Crippen LogP contribution in [0.15, 0.2) is 79.2 Å². The summed E-state index contributed by atoms with van der Waals surface area (Å²) in [5, 5.41) is 3.39. The summed E-state index contributed by atoms with van der Waals surface area (Å²) in [5.41, 5.74) is 3.32. The van der Waals surface area contributed by atoms with Gasteiger partial charge in [0.1, 0.15) is 5.75 Å². The Morgan fingerprint density at radius 3 is 2.19 bits per heavy atom. The Kier molecular flexibility index (Phi) is 12.8. The molecule has 0 aliphatic heterocycles. The van der Waals surface area contributed by atoms with Crippen molar-refractivity contribution in [1.29, 1.82) is 0 Å². The Hall–Kier alpha value is -2.72. The minimum Gasteiger partial charge on any atom is -0.502 e. The predicted molar refractivity (Wildman–Crippen MR) is 134 cm³/mol. The molecule has 0 aromatic heterocycles. The van der Waals surface area contributed by atoms with E-state index in [9.17, 15) is 0 Å². The Bertz CT molecular complexity index is 771. The molecule has 0 saturated carbocycles. The van der Waals surface area contributed by atoms with Crippen LogP contribution in [0.25, 0.3) is 0 Å². The van der Waals surface area contributed by atoms with E-state index in [0.29, 0.717) is 6.61 Å². The van der Waals surface area contributed by atoms with Crippen LogP contribution in [0.4, 0.5) is 5.69 Å². The quantitative estimate of drug-likeness (QED) is 0.194. The molecule has 0 unspecified atom stereocenters. The van der Waals surface area contributed by atoms with Crippen molar-refractivity contribution in [3.8, 4) is 5.75 Å². The van der Waals surface area contributed by atoms with Crippen molar-refractivity contribution in [3.63, 3.8) is 0 Å². The van der Waals surface area contributed by atoms with Crippen molar-refractivity contribution in [2.45, 2.75) is 58.0 Å². The van der Waals surface area contributed by atoms with Gasteiger partial charge in [0.2, 0.25) is 0 Å². The normalized spacial score (nSPS) is 10.5. The second kappa shape index (κ2) is 16.0. The topological polar surface area (TPSA) is 39.7 Å². The largest absolute Gasteiger partial charge is 0.502 e. The van der Waals surface area contributed by atoms with Crippen LogP contribution in [-0.4, -0.2) is 20.3 Å². The van der Waals surface area contributed by atoms with Gasteiger partial charge in [-0.1, -0.05) is 49.9 Å². The third kappa shape index (κ3) is 11.6. The summed E-state index contributed by atoms with van der Waals surface area (Å²) in [6.07, 6.45) is 8.44. The molecule has 4 heteroatoms. The van der Waals surface area contributed by atoms with E-state index in [1.54, 1.807) is 7.11 Å². The SMILES string of the molecule is C=C(CCCCCOCc1ccccc1)Nc1ccc(OCCCCCC(=C)OC)cc1. The van der Waals surface area contributed by atoms with Crippen molar-refractivity contribution >= 4 is 5.69 Å². The van der Waals surface area contributed by atoms with Crippen molar-refractivity contribution in [1.82, 2.24) is 0 Å². The van der Waals surface area contributed by atoms with Gasteiger partial charge in [0.15, 0.2) is 0 Å². The third-order valence-corrected chi connectivity index (χ3v) is 5.21. The number of hydrogen-bond acceptors (Lipinski definition) is 4. The summed E-state index contributed by atoms with van der Waals surface area (Å²) in [6.45, 7) is 10.2. The van der Waals surface area contributed by atoms with Crippen molar-refractivity contribution in [3.05, 3.63) is 84.8 Å². The second-order valence-corrected chi connectivity index (χ2v) is 8.00. The van der Waals surface area contributed by atoms with Crippen LogP contribution >= 0.6 is 0 Å². The Balaban J connectivity index is 1.48. The lowest BCUT2D eigenvalue weighted by molar-refractivity contribution is 0.117. The molecule has 2 aromatic rings. The molecule has 2 aromatic carbocycles. The Morgan fingerprint density at radius 1 is 0.781 bits per heavy atom. The maximum Gasteiger partial charge on any atom is 0.119 e. The summed E-state index contributed by atoms with van der Waals surface area (Å²) < 4.78 is 16.6. The maximum absolute atomic E-state index is 5.82. The number of ether oxygens (including phenoxy) is 3. The summed E-state index contributed by atoms with van der Waals surface area (Å²) in [6, 6.07) is 18.4. The van der Waals surface area contributed by atoms with Crippen LogP contribution in [0.1, 0.15) is 56.9 Å². The van der Waals surface area contributed by atoms with E-state index in [1.807, 2.05) is 42.5 Å². The summed E-state index contributed by atoms with van der Waals surface area (Å²) in [7, 11) is 1.67. The first-order valence-electron chi connectivity index (χ1n) is 11.7. The lowest BCUT2D eigenvalue weighted by Crippen LogP contribution is -2.00. The van der Waals surface area contributed by atoms with Crippen LogP contribution in [0, 0.1) is 0 Å². The fourth-order valence-corrected chi connectivity index (χ4v) is 3.28. The number of anilines is 1. The van der Waals surface area contributed by atoms with Crippen molar-refractivity contribution in [2.24, 2.45) is 0 Å². The number of benzene rings is 2. The number of methoxy groups -OCH3 is 1. The number of allylic oxidation sites excluding steroid dienone is 2. The molecule has 0 aliphatic rings. The van der Waals surface area contributed by atoms with E-state index < -0.39 is 0 Å². The molecule has 2 rings (SSSR count). The minimum absolute atomic E-state index is 0.694. The number of hydrogen-bond donors (Lipinski definition) is 1. The van der Waals surface area contributed by atoms with Gasteiger partial charge in [-0.2, -0.15) is 0 Å². The number of unbranched alkanes of at least 4 members (excludes halogenated alkanes) is 4. The molecule has 0 heterocycles. The molecule has 0 atom stereocenters. The first-order chi connectivity index (χ1) is 15.7. The monoisotopic (exact) mass is 437 g/mol. The zero-order chi connectivity index (χ0) is 22.9. The summed E-state index contributed by atoms with van der Waals surface area (Å²) in [4.78, 5) is 0. The average Bonchev–Trinajstić information content (AvgIpc) is 2.82. The molecular weight excluding hydrogens is 398 g/mol. The zero-order valence-corrected chi connectivity index (χ0v) is 19.6. The van der Waals surface area contributed by atoms with E-state index >= 15 is 0 Å². The van der Waals surface area contributed by atoms with Gasteiger partial charge in [0.25, 0.3) is 0 Å². The van der Waals surface area contributed by atoms with Gasteiger partial charge in [-0.15, -0.1) is 0 Å². The Labute approximate surface area is 194 Å². The predicted octanol–water partition coefficient (Wildman–Crippen LogP) is 7.49. The molecule has 0 fully saturated rings. The second-order valence-electron chi connectivity index (χ2n) is 8.00. The van der Waals surface area contributed by atoms with Crippen LogP contribution < -0.4 is 10.1 Å². The van der Waals surface area contributed by atoms with E-state index in [4.69, 9.17) is 14.2 Å². The van der Waals surface area contributed by atoms with Crippen LogP contribution in [0.3, 0.4) is 0 Å². The first-order valence-corrected chi connectivity index (χ1v) is 11.7. The molecule has 4 nitrogen and oxygen atoms in total.